The van der Waals surface area contributed by atoms with Gasteiger partial charge in [-0.25, -0.2) is 4.98 Å². The Hall–Kier alpha value is -9.87. The molecule has 15 aromatic rings. The van der Waals surface area contributed by atoms with Crippen molar-refractivity contribution in [2.24, 2.45) is 0 Å². The maximum Gasteiger partial charge on any atom is 0.268 e. The van der Waals surface area contributed by atoms with Crippen molar-refractivity contribution in [3.8, 4) is 95.5 Å². The monoisotopic (exact) mass is 1360 g/mol. The second-order valence-corrected chi connectivity index (χ2v) is 26.8. The van der Waals surface area contributed by atoms with Crippen LogP contribution in [0, 0.1) is 18.5 Å². The average molecular weight is 1360 g/mol. The molecule has 0 saturated carbocycles. The molecule has 0 spiro atoms. The van der Waals surface area contributed by atoms with E-state index in [2.05, 4.69) is 222 Å². The first kappa shape index (κ1) is 52.0. The van der Waals surface area contributed by atoms with Crippen molar-refractivity contribution in [3.63, 3.8) is 0 Å². The fourth-order valence-corrected chi connectivity index (χ4v) is 13.3. The maximum atomic E-state index is 9.53. The van der Waals surface area contributed by atoms with Crippen molar-refractivity contribution in [3.05, 3.63) is 272 Å². The summed E-state index contributed by atoms with van der Waals surface area (Å²) in [6, 6.07) is 75.0. The minimum atomic E-state index is -0.448. The first-order chi connectivity index (χ1) is 45.6. The molecule has 16 rings (SSSR count). The van der Waals surface area contributed by atoms with Crippen LogP contribution in [-0.4, -0.2) is 14.1 Å². The Labute approximate surface area is 553 Å². The maximum absolute atomic E-state index is 9.53. The van der Waals surface area contributed by atoms with Crippen molar-refractivity contribution in [1.29, 1.82) is 0 Å². The molecule has 4 aromatic heterocycles. The van der Waals surface area contributed by atoms with Crippen molar-refractivity contribution < 1.29 is 41.6 Å². The molecular formula is C84H66N4O2Pt-2. The van der Waals surface area contributed by atoms with Crippen molar-refractivity contribution in [2.75, 3.05) is 0 Å². The van der Waals surface area contributed by atoms with E-state index >= 15 is 0 Å². The summed E-state index contributed by atoms with van der Waals surface area (Å²) in [4.78, 5) is 4.93. The molecule has 1 aliphatic heterocycles. The number of benzene rings is 11. The van der Waals surface area contributed by atoms with Crippen LogP contribution in [0.3, 0.4) is 0 Å². The normalized spacial score (nSPS) is 13.1. The van der Waals surface area contributed by atoms with Gasteiger partial charge in [0.2, 0.25) is 0 Å². The number of imidazole rings is 1. The third-order valence-corrected chi connectivity index (χ3v) is 17.9. The molecule has 0 bridgehead atoms. The van der Waals surface area contributed by atoms with Crippen LogP contribution in [0.15, 0.2) is 241 Å². The van der Waals surface area contributed by atoms with Gasteiger partial charge >= 0.3 is 0 Å². The zero-order valence-corrected chi connectivity index (χ0v) is 54.3. The Balaban J connectivity index is 0.00000756. The largest absolute Gasteiger partial charge is 0.510 e. The number of ether oxygens (including phenoxy) is 1. The quantitative estimate of drug-likeness (QED) is 0.118. The second-order valence-electron chi connectivity index (χ2n) is 26.8. The van der Waals surface area contributed by atoms with E-state index < -0.39 is 18.1 Å². The van der Waals surface area contributed by atoms with Gasteiger partial charge in [-0.1, -0.05) is 225 Å². The molecule has 0 radical (unpaired) electrons. The fourth-order valence-electron chi connectivity index (χ4n) is 13.3. The Morgan fingerprint density at radius 2 is 1.12 bits per heavy atom. The molecule has 0 amide bonds. The number of aromatic nitrogens is 4. The second kappa shape index (κ2) is 21.7. The van der Waals surface area contributed by atoms with E-state index in [0.29, 0.717) is 22.7 Å². The van der Waals surface area contributed by atoms with Gasteiger partial charge in [0.25, 0.3) is 6.33 Å². The molecule has 0 fully saturated rings. The van der Waals surface area contributed by atoms with Crippen molar-refractivity contribution >= 4 is 54.8 Å². The Bertz CT molecular complexity index is 5680. The summed E-state index contributed by atoms with van der Waals surface area (Å²) >= 11 is 0. The van der Waals surface area contributed by atoms with Crippen LogP contribution in [0.25, 0.3) is 139 Å². The van der Waals surface area contributed by atoms with E-state index in [4.69, 9.17) is 18.3 Å². The van der Waals surface area contributed by atoms with Gasteiger partial charge in [0.1, 0.15) is 17.0 Å². The average Bonchev–Trinajstić information content (AvgIpc) is 1.53. The molecule has 1 aliphatic rings. The van der Waals surface area contributed by atoms with Crippen LogP contribution in [-0.2, 0) is 37.3 Å². The Morgan fingerprint density at radius 1 is 0.462 bits per heavy atom. The topological polar surface area (TPSA) is 49.0 Å². The van der Waals surface area contributed by atoms with Crippen molar-refractivity contribution in [2.45, 2.75) is 78.6 Å². The molecule has 91 heavy (non-hydrogen) atoms. The van der Waals surface area contributed by atoms with Gasteiger partial charge in [-0.2, -0.15) is 18.2 Å². The number of hydrogen-bond donors (Lipinski definition) is 0. The number of hydrogen-bond acceptors (Lipinski definition) is 3. The standard InChI is InChI=1S/C84H66N4O2.Pt/c1-82(2,3)56-40-41-85-78(48-56)88-73-34-17-15-27-65(73)66-38-37-61(50-74(66)88)89-60-25-19-24-59(49-60)86-51-87-80-63(55-42-57(83(4,5)6)47-58(43-55)84(7,8)9)31-21-33-70(80)69-32-20-30-62(52-22-11-10-12-23-52)79(69)68-29-14-13-26-64(68)72-45-54(46-75(86)81(72)87)53-36-39-77-71(44-53)67-28-16-18-35-76(67)90-77;/h10-48H,1-9H3;/q-2;/i10D,11D,12D,22D,23D;. The first-order valence-electron chi connectivity index (χ1n) is 33.3. The summed E-state index contributed by atoms with van der Waals surface area (Å²) < 4.78 is 65.7. The first-order valence-corrected chi connectivity index (χ1v) is 30.8. The Morgan fingerprint density at radius 3 is 1.90 bits per heavy atom. The van der Waals surface area contributed by atoms with E-state index in [0.717, 1.165) is 122 Å². The molecule has 5 heterocycles. The number of fused-ring (bicyclic) bond motifs is 13. The van der Waals surface area contributed by atoms with Gasteiger partial charge in [-0.15, -0.1) is 29.7 Å². The zero-order chi connectivity index (χ0) is 65.7. The van der Waals surface area contributed by atoms with Crippen LogP contribution < -0.4 is 9.30 Å². The molecule has 446 valence electrons. The van der Waals surface area contributed by atoms with Gasteiger partial charge in [-0.3, -0.25) is 4.57 Å². The molecule has 0 saturated heterocycles. The summed E-state index contributed by atoms with van der Waals surface area (Å²) in [6.07, 6.45) is 5.91. The molecule has 11 aromatic carbocycles. The van der Waals surface area contributed by atoms with Crippen LogP contribution >= 0.6 is 0 Å². The van der Waals surface area contributed by atoms with E-state index in [1.54, 1.807) is 0 Å². The third kappa shape index (κ3) is 9.82. The number of nitrogens with zero attached hydrogens (tertiary/aromatic N) is 4. The van der Waals surface area contributed by atoms with Crippen LogP contribution in [0.2, 0.25) is 0 Å². The van der Waals surface area contributed by atoms with Gasteiger partial charge < -0.3 is 18.3 Å². The SMILES string of the molecule is [2H]c1c([2H])c([2H])c(-c2cccc3c2-c2ccccc2-c2cc(-c4ccc5oc6ccccc6c5c4)cc4c2[n+]([c-]n4-c2[c-]c(Oc4[c-]c5c(cc4)c4ccccc4n5-c4cc(C(C)(C)C)ccn4)ccc2)-c2c(-c4cc(C(C)(C)C)cc(C(C)(C)C)c4)cccc2-3)c([2H])c1[2H].[Pt]. The molecule has 0 atom stereocenters. The number of pyridine rings is 1. The van der Waals surface area contributed by atoms with Gasteiger partial charge in [0.05, 0.1) is 23.6 Å². The van der Waals surface area contributed by atoms with Gasteiger partial charge in [-0.05, 0) is 153 Å². The summed E-state index contributed by atoms with van der Waals surface area (Å²) in [6.45, 7) is 20.2. The summed E-state index contributed by atoms with van der Waals surface area (Å²) in [7, 11) is 0. The van der Waals surface area contributed by atoms with Gasteiger partial charge in [0.15, 0.2) is 0 Å². The summed E-state index contributed by atoms with van der Waals surface area (Å²) in [5.41, 5.74) is 19.0. The van der Waals surface area contributed by atoms with E-state index in [1.807, 2.05) is 79.0 Å². The van der Waals surface area contributed by atoms with Crippen LogP contribution in [0.5, 0.6) is 11.5 Å². The van der Waals surface area contributed by atoms with E-state index in [9.17, 15) is 2.74 Å². The predicted octanol–water partition coefficient (Wildman–Crippen LogP) is 21.7. The molecule has 7 heteroatoms. The minimum Gasteiger partial charge on any atom is -0.510 e. The smallest absolute Gasteiger partial charge is 0.268 e. The van der Waals surface area contributed by atoms with Crippen molar-refractivity contribution in [1.82, 2.24) is 14.1 Å². The Kier molecular flexibility index (Phi) is 12.4. The summed E-state index contributed by atoms with van der Waals surface area (Å²) in [5, 5.41) is 4.11. The third-order valence-electron chi connectivity index (χ3n) is 17.9. The van der Waals surface area contributed by atoms with E-state index in [-0.39, 0.29) is 55.0 Å². The molecule has 0 aliphatic carbocycles. The molecule has 6 nitrogen and oxygen atoms in total. The van der Waals surface area contributed by atoms with E-state index in [1.165, 1.54) is 16.7 Å². The van der Waals surface area contributed by atoms with Crippen LogP contribution in [0.1, 0.15) is 85.9 Å². The zero-order valence-electron chi connectivity index (χ0n) is 57.1. The molecular weight excluding hydrogens is 1290 g/mol. The number of furan rings is 1. The number of para-hydroxylation sites is 3. The fraction of sp³-hybridized carbons (Fsp3) is 0.143. The minimum absolute atomic E-state index is 0. The van der Waals surface area contributed by atoms with Gasteiger partial charge in [0, 0.05) is 55.1 Å². The van der Waals surface area contributed by atoms with Crippen LogP contribution in [0.4, 0.5) is 0 Å². The summed E-state index contributed by atoms with van der Waals surface area (Å²) in [5.74, 6) is 1.78. The molecule has 0 unspecified atom stereocenters. The molecule has 0 N–H and O–H groups in total. The predicted molar refractivity (Wildman–Crippen MR) is 370 cm³/mol. The number of rotatable bonds is 7.